The van der Waals surface area contributed by atoms with E-state index >= 15 is 0 Å². The summed E-state index contributed by atoms with van der Waals surface area (Å²) in [5.41, 5.74) is 0.494. The molecular weight excluding hydrogens is 236 g/mol. The highest BCUT2D eigenvalue weighted by Crippen LogP contribution is 2.26. The smallest absolute Gasteiger partial charge is 0.342 e. The van der Waals surface area contributed by atoms with Gasteiger partial charge >= 0.3 is 5.97 Å². The Bertz CT molecular complexity index is 611. The zero-order chi connectivity index (χ0) is 13.1. The first-order valence-electron chi connectivity index (χ1n) is 5.01. The molecule has 0 unspecified atom stereocenters. The first kappa shape index (κ1) is 11.7. The van der Waals surface area contributed by atoms with Crippen molar-refractivity contribution >= 4 is 11.7 Å². The molecule has 0 aliphatic heterocycles. The monoisotopic (exact) mass is 244 g/mol. The summed E-state index contributed by atoms with van der Waals surface area (Å²) in [7, 11) is 0. The van der Waals surface area contributed by atoms with E-state index in [-0.39, 0.29) is 5.56 Å². The summed E-state index contributed by atoms with van der Waals surface area (Å²) in [6, 6.07) is 7.43. The molecule has 0 aliphatic carbocycles. The number of pyridine rings is 1. The Morgan fingerprint density at radius 1 is 1.28 bits per heavy atom. The average molecular weight is 244 g/mol. The number of carboxylic acids is 1. The molecule has 18 heavy (non-hydrogen) atoms. The number of aromatic nitrogens is 1. The zero-order valence-electron chi connectivity index (χ0n) is 9.11. The van der Waals surface area contributed by atoms with Gasteiger partial charge in [-0.15, -0.1) is 0 Å². The topological polar surface area (TPSA) is 93.3 Å². The van der Waals surface area contributed by atoms with E-state index in [0.29, 0.717) is 11.1 Å². The van der Waals surface area contributed by atoms with Gasteiger partial charge in [0.1, 0.15) is 5.56 Å². The van der Waals surface area contributed by atoms with Crippen LogP contribution >= 0.6 is 0 Å². The first-order chi connectivity index (χ1) is 8.59. The van der Waals surface area contributed by atoms with Crippen molar-refractivity contribution in [2.45, 2.75) is 0 Å². The standard InChI is InChI=1S/C12H8N2O4/c15-12(16)10-4-3-8(6-11(10)14(17)18)9-2-1-5-13-7-9/h1-7H,(H,15,16). The number of hydrogen-bond donors (Lipinski definition) is 1. The summed E-state index contributed by atoms with van der Waals surface area (Å²) < 4.78 is 0. The molecule has 1 aromatic carbocycles. The molecule has 6 nitrogen and oxygen atoms in total. The second-order valence-corrected chi connectivity index (χ2v) is 3.54. The Hall–Kier alpha value is -2.76. The van der Waals surface area contributed by atoms with E-state index in [1.807, 2.05) is 0 Å². The van der Waals surface area contributed by atoms with E-state index in [0.717, 1.165) is 0 Å². The molecule has 2 rings (SSSR count). The lowest BCUT2D eigenvalue weighted by Gasteiger charge is -2.03. The molecule has 2 aromatic rings. The van der Waals surface area contributed by atoms with Crippen LogP contribution in [0, 0.1) is 10.1 Å². The Morgan fingerprint density at radius 2 is 2.06 bits per heavy atom. The van der Waals surface area contributed by atoms with Crippen molar-refractivity contribution in [3.05, 3.63) is 58.4 Å². The van der Waals surface area contributed by atoms with Crippen LogP contribution in [0.5, 0.6) is 0 Å². The van der Waals surface area contributed by atoms with Gasteiger partial charge in [0.15, 0.2) is 0 Å². The summed E-state index contributed by atoms with van der Waals surface area (Å²) in [6.07, 6.45) is 3.14. The van der Waals surface area contributed by atoms with Crippen LogP contribution < -0.4 is 0 Å². The Balaban J connectivity index is 2.57. The molecule has 0 atom stereocenters. The van der Waals surface area contributed by atoms with Crippen LogP contribution in [0.4, 0.5) is 5.69 Å². The number of carboxylic acid groups (broad SMARTS) is 1. The number of carbonyl (C=O) groups is 1. The molecule has 0 saturated carbocycles. The quantitative estimate of drug-likeness (QED) is 0.660. The van der Waals surface area contributed by atoms with Gasteiger partial charge in [-0.2, -0.15) is 0 Å². The van der Waals surface area contributed by atoms with E-state index in [9.17, 15) is 14.9 Å². The highest BCUT2D eigenvalue weighted by Gasteiger charge is 2.20. The molecule has 1 aromatic heterocycles. The van der Waals surface area contributed by atoms with Crippen molar-refractivity contribution in [3.63, 3.8) is 0 Å². The SMILES string of the molecule is O=C(O)c1ccc(-c2cccnc2)cc1[N+](=O)[O-]. The van der Waals surface area contributed by atoms with Gasteiger partial charge in [-0.3, -0.25) is 15.1 Å². The predicted molar refractivity (Wildman–Crippen MR) is 63.3 cm³/mol. The molecule has 1 heterocycles. The van der Waals surface area contributed by atoms with Crippen molar-refractivity contribution < 1.29 is 14.8 Å². The van der Waals surface area contributed by atoms with Gasteiger partial charge in [0.25, 0.3) is 5.69 Å². The van der Waals surface area contributed by atoms with E-state index in [2.05, 4.69) is 4.98 Å². The minimum Gasteiger partial charge on any atom is -0.477 e. The Morgan fingerprint density at radius 3 is 2.61 bits per heavy atom. The average Bonchev–Trinajstić information content (AvgIpc) is 2.39. The van der Waals surface area contributed by atoms with E-state index < -0.39 is 16.6 Å². The highest BCUT2D eigenvalue weighted by atomic mass is 16.6. The number of nitro benzene ring substituents is 1. The molecule has 0 saturated heterocycles. The fourth-order valence-electron chi connectivity index (χ4n) is 1.58. The van der Waals surface area contributed by atoms with Crippen molar-refractivity contribution in [1.82, 2.24) is 4.98 Å². The summed E-state index contributed by atoms with van der Waals surface area (Å²) in [4.78, 5) is 24.9. The second-order valence-electron chi connectivity index (χ2n) is 3.54. The van der Waals surface area contributed by atoms with E-state index in [4.69, 9.17) is 5.11 Å². The molecule has 0 fully saturated rings. The maximum absolute atomic E-state index is 10.9. The molecule has 0 radical (unpaired) electrons. The van der Waals surface area contributed by atoms with Crippen LogP contribution in [0.2, 0.25) is 0 Å². The number of benzene rings is 1. The molecular formula is C12H8N2O4. The van der Waals surface area contributed by atoms with Crippen molar-refractivity contribution in [3.8, 4) is 11.1 Å². The number of rotatable bonds is 3. The Labute approximate surface area is 102 Å². The van der Waals surface area contributed by atoms with Gasteiger partial charge < -0.3 is 5.11 Å². The van der Waals surface area contributed by atoms with Crippen LogP contribution in [0.15, 0.2) is 42.7 Å². The van der Waals surface area contributed by atoms with Crippen LogP contribution in [-0.4, -0.2) is 21.0 Å². The third kappa shape index (κ3) is 2.17. The third-order valence-electron chi connectivity index (χ3n) is 2.42. The molecule has 0 spiro atoms. The Kier molecular flexibility index (Phi) is 3.01. The fraction of sp³-hybridized carbons (Fsp3) is 0. The second kappa shape index (κ2) is 4.62. The zero-order valence-corrected chi connectivity index (χ0v) is 9.11. The summed E-state index contributed by atoms with van der Waals surface area (Å²) in [6.45, 7) is 0. The predicted octanol–water partition coefficient (Wildman–Crippen LogP) is 2.36. The normalized spacial score (nSPS) is 10.0. The maximum atomic E-state index is 10.9. The molecule has 0 aliphatic rings. The largest absolute Gasteiger partial charge is 0.477 e. The van der Waals surface area contributed by atoms with Crippen molar-refractivity contribution in [2.24, 2.45) is 0 Å². The first-order valence-corrected chi connectivity index (χ1v) is 5.01. The minimum atomic E-state index is -1.32. The van der Waals surface area contributed by atoms with E-state index in [1.165, 1.54) is 18.2 Å². The molecule has 0 amide bonds. The highest BCUT2D eigenvalue weighted by molar-refractivity contribution is 5.93. The minimum absolute atomic E-state index is 0.326. The number of nitro groups is 1. The number of nitrogens with zero attached hydrogens (tertiary/aromatic N) is 2. The number of hydrogen-bond acceptors (Lipinski definition) is 4. The van der Waals surface area contributed by atoms with Crippen molar-refractivity contribution in [1.29, 1.82) is 0 Å². The van der Waals surface area contributed by atoms with Gasteiger partial charge in [-0.05, 0) is 17.7 Å². The summed E-state index contributed by atoms with van der Waals surface area (Å²) >= 11 is 0. The van der Waals surface area contributed by atoms with Gasteiger partial charge in [-0.1, -0.05) is 12.1 Å². The van der Waals surface area contributed by atoms with Gasteiger partial charge in [0, 0.05) is 24.0 Å². The van der Waals surface area contributed by atoms with Crippen LogP contribution in [0.3, 0.4) is 0 Å². The number of aromatic carboxylic acids is 1. The van der Waals surface area contributed by atoms with Crippen LogP contribution in [0.1, 0.15) is 10.4 Å². The maximum Gasteiger partial charge on any atom is 0.342 e. The lowest BCUT2D eigenvalue weighted by atomic mass is 10.0. The molecule has 0 bridgehead atoms. The van der Waals surface area contributed by atoms with Crippen molar-refractivity contribution in [2.75, 3.05) is 0 Å². The molecule has 90 valence electrons. The third-order valence-corrected chi connectivity index (χ3v) is 2.42. The lowest BCUT2D eigenvalue weighted by molar-refractivity contribution is -0.385. The van der Waals surface area contributed by atoms with Crippen LogP contribution in [-0.2, 0) is 0 Å². The van der Waals surface area contributed by atoms with Gasteiger partial charge in [-0.25, -0.2) is 4.79 Å². The van der Waals surface area contributed by atoms with E-state index in [1.54, 1.807) is 24.5 Å². The summed E-state index contributed by atoms with van der Waals surface area (Å²) in [5, 5.41) is 19.7. The summed E-state index contributed by atoms with van der Waals surface area (Å²) in [5.74, 6) is -1.32. The molecule has 6 heteroatoms. The molecule has 1 N–H and O–H groups in total. The van der Waals surface area contributed by atoms with Gasteiger partial charge in [0.2, 0.25) is 0 Å². The lowest BCUT2D eigenvalue weighted by Crippen LogP contribution is -2.02. The van der Waals surface area contributed by atoms with Crippen LogP contribution in [0.25, 0.3) is 11.1 Å². The van der Waals surface area contributed by atoms with Gasteiger partial charge in [0.05, 0.1) is 4.92 Å². The fourth-order valence-corrected chi connectivity index (χ4v) is 1.58.